The molecular formula is C18H17Cl2N3O2. The van der Waals surface area contributed by atoms with Gasteiger partial charge >= 0.3 is 6.03 Å². The van der Waals surface area contributed by atoms with Gasteiger partial charge in [0.15, 0.2) is 0 Å². The number of hydrazine groups is 1. The molecule has 0 spiro atoms. The normalized spacial score (nSPS) is 20.3. The first kappa shape index (κ1) is 16.5. The number of ether oxygens (including phenoxy) is 1. The zero-order chi connectivity index (χ0) is 17.6. The van der Waals surface area contributed by atoms with E-state index in [0.29, 0.717) is 10.0 Å². The van der Waals surface area contributed by atoms with Gasteiger partial charge in [-0.2, -0.15) is 5.01 Å². The second-order valence-electron chi connectivity index (χ2n) is 6.04. The Morgan fingerprint density at radius 3 is 2.68 bits per heavy atom. The Hall–Kier alpha value is -1.95. The van der Waals surface area contributed by atoms with Crippen molar-refractivity contribution in [2.45, 2.75) is 12.6 Å². The molecule has 0 unspecified atom stereocenters. The van der Waals surface area contributed by atoms with Gasteiger partial charge < -0.3 is 4.74 Å². The first-order valence-electron chi connectivity index (χ1n) is 8.06. The maximum atomic E-state index is 13.0. The molecule has 0 radical (unpaired) electrons. The molecule has 5 nitrogen and oxygen atoms in total. The maximum Gasteiger partial charge on any atom is 0.340 e. The van der Waals surface area contributed by atoms with Crippen LogP contribution in [0.25, 0.3) is 0 Å². The van der Waals surface area contributed by atoms with Crippen LogP contribution in [0.1, 0.15) is 18.2 Å². The lowest BCUT2D eigenvalue weighted by molar-refractivity contribution is 0.0727. The lowest BCUT2D eigenvalue weighted by Gasteiger charge is -2.28. The van der Waals surface area contributed by atoms with Crippen LogP contribution in [0.15, 0.2) is 42.5 Å². The van der Waals surface area contributed by atoms with E-state index in [1.807, 2.05) is 30.3 Å². The molecule has 0 saturated carbocycles. The third kappa shape index (κ3) is 2.72. The average Bonchev–Trinajstić information content (AvgIpc) is 3.20. The molecule has 2 saturated heterocycles. The van der Waals surface area contributed by atoms with Crippen molar-refractivity contribution < 1.29 is 9.53 Å². The minimum absolute atomic E-state index is 0.0521. The highest BCUT2D eigenvalue weighted by Crippen LogP contribution is 2.42. The van der Waals surface area contributed by atoms with Crippen molar-refractivity contribution in [2.75, 3.05) is 25.1 Å². The van der Waals surface area contributed by atoms with E-state index < -0.39 is 0 Å². The van der Waals surface area contributed by atoms with Crippen molar-refractivity contribution in [2.24, 2.45) is 0 Å². The number of carbonyl (C=O) groups excluding carboxylic acids is 1. The van der Waals surface area contributed by atoms with Gasteiger partial charge in [-0.05, 0) is 42.3 Å². The van der Waals surface area contributed by atoms with E-state index in [1.165, 1.54) is 0 Å². The first-order valence-corrected chi connectivity index (χ1v) is 8.82. The van der Waals surface area contributed by atoms with Crippen molar-refractivity contribution in [3.63, 3.8) is 0 Å². The second kappa shape index (κ2) is 6.41. The topological polar surface area (TPSA) is 36.0 Å². The summed E-state index contributed by atoms with van der Waals surface area (Å²) in [5.41, 5.74) is 1.71. The predicted molar refractivity (Wildman–Crippen MR) is 98.1 cm³/mol. The summed E-state index contributed by atoms with van der Waals surface area (Å²) >= 11 is 12.2. The Balaban J connectivity index is 1.81. The lowest BCUT2D eigenvalue weighted by atomic mass is 10.1. The van der Waals surface area contributed by atoms with Crippen LogP contribution in [0.5, 0.6) is 5.75 Å². The molecule has 0 aliphatic carbocycles. The molecule has 2 aromatic rings. The molecule has 7 heteroatoms. The van der Waals surface area contributed by atoms with E-state index >= 15 is 0 Å². The minimum atomic E-state index is -0.234. The van der Waals surface area contributed by atoms with Gasteiger partial charge in [-0.25, -0.2) is 4.79 Å². The summed E-state index contributed by atoms with van der Waals surface area (Å²) in [5, 5.41) is 4.79. The van der Waals surface area contributed by atoms with Crippen LogP contribution in [-0.4, -0.2) is 36.2 Å². The standard InChI is InChI=1S/C18H17Cl2N3O2/c1-25-14-5-2-4-12(10-14)17-21-8-3-9-22(21)18(24)23(17)13-6-7-15(19)16(20)11-13/h2,4-7,10-11,17H,3,8-9H2,1H3/t17-/m0/s1. The van der Waals surface area contributed by atoms with Gasteiger partial charge in [-0.3, -0.25) is 9.91 Å². The molecule has 2 aliphatic rings. The lowest BCUT2D eigenvalue weighted by Crippen LogP contribution is -2.32. The van der Waals surface area contributed by atoms with Gasteiger partial charge in [0.2, 0.25) is 0 Å². The number of anilines is 1. The zero-order valence-electron chi connectivity index (χ0n) is 13.7. The third-order valence-corrected chi connectivity index (χ3v) is 5.33. The van der Waals surface area contributed by atoms with Crippen LogP contribution in [-0.2, 0) is 0 Å². The number of nitrogens with zero attached hydrogens (tertiary/aromatic N) is 3. The number of amides is 2. The number of carbonyl (C=O) groups is 1. The quantitative estimate of drug-likeness (QED) is 0.786. The largest absolute Gasteiger partial charge is 0.497 e. The molecule has 25 heavy (non-hydrogen) atoms. The Labute approximate surface area is 156 Å². The second-order valence-corrected chi connectivity index (χ2v) is 6.86. The van der Waals surface area contributed by atoms with Gasteiger partial charge in [0, 0.05) is 18.8 Å². The third-order valence-electron chi connectivity index (χ3n) is 4.59. The fourth-order valence-corrected chi connectivity index (χ4v) is 3.76. The van der Waals surface area contributed by atoms with Gasteiger partial charge in [0.25, 0.3) is 0 Å². The summed E-state index contributed by atoms with van der Waals surface area (Å²) in [7, 11) is 1.64. The molecule has 1 atom stereocenters. The fraction of sp³-hybridized carbons (Fsp3) is 0.278. The highest BCUT2D eigenvalue weighted by atomic mass is 35.5. The Bertz CT molecular complexity index is 830. The highest BCUT2D eigenvalue weighted by Gasteiger charge is 2.47. The highest BCUT2D eigenvalue weighted by molar-refractivity contribution is 6.42. The summed E-state index contributed by atoms with van der Waals surface area (Å²) in [6, 6.07) is 13.0. The Kier molecular flexibility index (Phi) is 4.23. The van der Waals surface area contributed by atoms with E-state index in [-0.39, 0.29) is 12.2 Å². The van der Waals surface area contributed by atoms with E-state index in [2.05, 4.69) is 5.01 Å². The summed E-state index contributed by atoms with van der Waals surface area (Å²) in [6.07, 6.45) is 0.726. The van der Waals surface area contributed by atoms with Crippen LogP contribution >= 0.6 is 23.2 Å². The van der Waals surface area contributed by atoms with Crippen LogP contribution in [0.4, 0.5) is 10.5 Å². The van der Waals surface area contributed by atoms with Crippen LogP contribution in [0.2, 0.25) is 10.0 Å². The van der Waals surface area contributed by atoms with E-state index in [9.17, 15) is 4.79 Å². The molecule has 2 amide bonds. The molecule has 2 heterocycles. The zero-order valence-corrected chi connectivity index (χ0v) is 15.2. The van der Waals surface area contributed by atoms with Crippen molar-refractivity contribution in [1.29, 1.82) is 0 Å². The summed E-state index contributed by atoms with van der Waals surface area (Å²) in [6.45, 7) is 1.54. The van der Waals surface area contributed by atoms with Crippen molar-refractivity contribution in [3.05, 3.63) is 58.1 Å². The number of hydrogen-bond donors (Lipinski definition) is 0. The number of halogens is 2. The van der Waals surface area contributed by atoms with Gasteiger partial charge in [0.1, 0.15) is 11.9 Å². The number of hydrogen-bond acceptors (Lipinski definition) is 3. The molecule has 0 N–H and O–H groups in total. The summed E-state index contributed by atoms with van der Waals surface area (Å²) < 4.78 is 5.35. The molecule has 130 valence electrons. The van der Waals surface area contributed by atoms with Crippen LogP contribution in [0, 0.1) is 0 Å². The van der Waals surface area contributed by atoms with Crippen LogP contribution < -0.4 is 9.64 Å². The SMILES string of the molecule is COc1cccc([C@@H]2N(c3ccc(Cl)c(Cl)c3)C(=O)N3CCCN23)c1. The van der Waals surface area contributed by atoms with Crippen molar-refractivity contribution in [3.8, 4) is 5.75 Å². The molecule has 2 fully saturated rings. The minimum Gasteiger partial charge on any atom is -0.497 e. The van der Waals surface area contributed by atoms with E-state index in [1.54, 1.807) is 29.2 Å². The number of urea groups is 1. The van der Waals surface area contributed by atoms with E-state index in [0.717, 1.165) is 36.5 Å². The summed E-state index contributed by atoms with van der Waals surface area (Å²) in [5.74, 6) is 0.761. The van der Waals surface area contributed by atoms with Crippen LogP contribution in [0.3, 0.4) is 0 Å². The average molecular weight is 378 g/mol. The first-order chi connectivity index (χ1) is 12.1. The molecule has 2 aliphatic heterocycles. The van der Waals surface area contributed by atoms with E-state index in [4.69, 9.17) is 27.9 Å². The number of rotatable bonds is 3. The van der Waals surface area contributed by atoms with Crippen molar-refractivity contribution >= 4 is 34.9 Å². The molecular weight excluding hydrogens is 361 g/mol. The maximum absolute atomic E-state index is 13.0. The fourth-order valence-electron chi connectivity index (χ4n) is 3.46. The molecule has 0 bridgehead atoms. The van der Waals surface area contributed by atoms with Gasteiger partial charge in [-0.15, -0.1) is 0 Å². The molecule has 0 aromatic heterocycles. The Morgan fingerprint density at radius 1 is 1.08 bits per heavy atom. The number of fused-ring (bicyclic) bond motifs is 1. The monoisotopic (exact) mass is 377 g/mol. The Morgan fingerprint density at radius 2 is 1.92 bits per heavy atom. The number of methoxy groups -OCH3 is 1. The molecule has 4 rings (SSSR count). The van der Waals surface area contributed by atoms with Crippen molar-refractivity contribution in [1.82, 2.24) is 10.0 Å². The van der Waals surface area contributed by atoms with Gasteiger partial charge in [0.05, 0.1) is 17.2 Å². The number of benzene rings is 2. The van der Waals surface area contributed by atoms with Gasteiger partial charge in [-0.1, -0.05) is 35.3 Å². The predicted octanol–water partition coefficient (Wildman–Crippen LogP) is 4.56. The molecule has 2 aromatic carbocycles. The smallest absolute Gasteiger partial charge is 0.340 e. The summed E-state index contributed by atoms with van der Waals surface area (Å²) in [4.78, 5) is 14.8.